The molecule has 0 amide bonds. The van der Waals surface area contributed by atoms with E-state index in [9.17, 15) is 0 Å². The zero-order chi connectivity index (χ0) is 15.1. The van der Waals surface area contributed by atoms with Crippen molar-refractivity contribution in [2.75, 3.05) is 13.3 Å². The Kier molecular flexibility index (Phi) is 6.07. The van der Waals surface area contributed by atoms with E-state index in [-0.39, 0.29) is 6.79 Å². The van der Waals surface area contributed by atoms with Gasteiger partial charge in [-0.3, -0.25) is 5.43 Å². The molecule has 1 aromatic rings. The van der Waals surface area contributed by atoms with E-state index in [1.54, 1.807) is 12.3 Å². The lowest BCUT2D eigenvalue weighted by Gasteiger charge is -2.06. The Hall–Kier alpha value is -1.53. The van der Waals surface area contributed by atoms with Crippen molar-refractivity contribution in [3.05, 3.63) is 22.7 Å². The van der Waals surface area contributed by atoms with Gasteiger partial charge < -0.3 is 14.8 Å². The maximum atomic E-state index is 6.09. The monoisotopic (exact) mass is 327 g/mol. The van der Waals surface area contributed by atoms with Gasteiger partial charge in [0, 0.05) is 6.54 Å². The highest BCUT2D eigenvalue weighted by Gasteiger charge is 2.17. The fraction of sp³-hybridized carbons (Fsp3) is 0.429. The summed E-state index contributed by atoms with van der Waals surface area (Å²) < 4.78 is 10.5. The van der Waals surface area contributed by atoms with E-state index in [4.69, 9.17) is 33.3 Å². The molecular formula is C14H18ClN3O2S. The van der Waals surface area contributed by atoms with Crippen LogP contribution < -0.4 is 20.2 Å². The van der Waals surface area contributed by atoms with E-state index in [1.807, 2.05) is 6.07 Å². The van der Waals surface area contributed by atoms with Crippen LogP contribution in [0.15, 0.2) is 17.2 Å². The van der Waals surface area contributed by atoms with Gasteiger partial charge in [-0.15, -0.1) is 0 Å². The van der Waals surface area contributed by atoms with E-state index >= 15 is 0 Å². The van der Waals surface area contributed by atoms with Gasteiger partial charge in [0.2, 0.25) is 6.79 Å². The van der Waals surface area contributed by atoms with E-state index in [1.165, 1.54) is 12.8 Å². The Morgan fingerprint density at radius 1 is 1.43 bits per heavy atom. The molecule has 2 rings (SSSR count). The summed E-state index contributed by atoms with van der Waals surface area (Å²) in [4.78, 5) is 0. The van der Waals surface area contributed by atoms with Crippen LogP contribution in [0.1, 0.15) is 31.7 Å². The molecule has 0 fully saturated rings. The number of unbranched alkanes of at least 4 members (excludes halogenated alkanes) is 2. The van der Waals surface area contributed by atoms with Gasteiger partial charge in [-0.25, -0.2) is 0 Å². The van der Waals surface area contributed by atoms with Crippen LogP contribution in [0.4, 0.5) is 0 Å². The normalized spacial score (nSPS) is 12.7. The molecule has 5 nitrogen and oxygen atoms in total. The number of benzene rings is 1. The summed E-state index contributed by atoms with van der Waals surface area (Å²) in [6.07, 6.45) is 5.10. The van der Waals surface area contributed by atoms with Crippen molar-refractivity contribution in [3.63, 3.8) is 0 Å². The molecule has 0 atom stereocenters. The topological polar surface area (TPSA) is 54.9 Å². The molecule has 0 saturated carbocycles. The fourth-order valence-corrected chi connectivity index (χ4v) is 2.27. The van der Waals surface area contributed by atoms with Gasteiger partial charge in [0.05, 0.1) is 11.2 Å². The number of thiocarbonyl (C=S) groups is 1. The van der Waals surface area contributed by atoms with Crippen LogP contribution in [0.25, 0.3) is 0 Å². The van der Waals surface area contributed by atoms with Gasteiger partial charge in [-0.2, -0.15) is 5.10 Å². The molecule has 2 N–H and O–H groups in total. The van der Waals surface area contributed by atoms with Gasteiger partial charge >= 0.3 is 0 Å². The SMILES string of the molecule is CCCCCNC(=S)N/N=C\c1cc(Cl)c2c(c1)OCO2. The number of hydrogen-bond donors (Lipinski definition) is 2. The second-order valence-electron chi connectivity index (χ2n) is 4.57. The van der Waals surface area contributed by atoms with Crippen molar-refractivity contribution in [2.45, 2.75) is 26.2 Å². The summed E-state index contributed by atoms with van der Waals surface area (Å²) in [6, 6.07) is 3.58. The minimum absolute atomic E-state index is 0.194. The highest BCUT2D eigenvalue weighted by molar-refractivity contribution is 7.80. The predicted molar refractivity (Wildman–Crippen MR) is 88.4 cm³/mol. The van der Waals surface area contributed by atoms with Crippen molar-refractivity contribution in [1.82, 2.24) is 10.7 Å². The average Bonchev–Trinajstić information content (AvgIpc) is 2.92. The molecule has 0 saturated heterocycles. The molecule has 0 aliphatic carbocycles. The van der Waals surface area contributed by atoms with Crippen molar-refractivity contribution < 1.29 is 9.47 Å². The third kappa shape index (κ3) is 4.75. The third-order valence-electron chi connectivity index (χ3n) is 2.90. The molecule has 1 aliphatic rings. The van der Waals surface area contributed by atoms with Crippen molar-refractivity contribution in [2.24, 2.45) is 5.10 Å². The van der Waals surface area contributed by atoms with Gasteiger partial charge in [-0.1, -0.05) is 31.4 Å². The van der Waals surface area contributed by atoms with Gasteiger partial charge in [0.15, 0.2) is 16.6 Å². The minimum Gasteiger partial charge on any atom is -0.454 e. The van der Waals surface area contributed by atoms with Crippen molar-refractivity contribution >= 4 is 35.1 Å². The fourth-order valence-electron chi connectivity index (χ4n) is 1.84. The Bertz CT molecular complexity index is 537. The van der Waals surface area contributed by atoms with Crippen LogP contribution in [0, 0.1) is 0 Å². The van der Waals surface area contributed by atoms with Gasteiger partial charge in [0.25, 0.3) is 0 Å². The van der Waals surface area contributed by atoms with Crippen molar-refractivity contribution in [1.29, 1.82) is 0 Å². The van der Waals surface area contributed by atoms with Crippen LogP contribution in [-0.4, -0.2) is 24.7 Å². The summed E-state index contributed by atoms with van der Waals surface area (Å²) in [5.41, 5.74) is 3.58. The van der Waals surface area contributed by atoms with Crippen LogP contribution in [0.5, 0.6) is 11.5 Å². The second kappa shape index (κ2) is 8.05. The Morgan fingerprint density at radius 3 is 3.10 bits per heavy atom. The van der Waals surface area contributed by atoms with Crippen molar-refractivity contribution in [3.8, 4) is 11.5 Å². The number of hydrazone groups is 1. The standard InChI is InChI=1S/C14H18ClN3O2S/c1-2-3-4-5-16-14(21)18-17-8-10-6-11(15)13-12(7-10)19-9-20-13/h6-8H,2-5,9H2,1H3,(H2,16,18,21)/b17-8-. The zero-order valence-electron chi connectivity index (χ0n) is 11.8. The molecule has 1 heterocycles. The van der Waals surface area contributed by atoms with Gasteiger partial charge in [0.1, 0.15) is 0 Å². The molecule has 0 bridgehead atoms. The lowest BCUT2D eigenvalue weighted by atomic mass is 10.2. The van der Waals surface area contributed by atoms with Crippen LogP contribution >= 0.6 is 23.8 Å². The zero-order valence-corrected chi connectivity index (χ0v) is 13.4. The molecule has 0 aromatic heterocycles. The summed E-state index contributed by atoms with van der Waals surface area (Å²) >= 11 is 11.2. The van der Waals surface area contributed by atoms with E-state index in [2.05, 4.69) is 22.8 Å². The molecule has 7 heteroatoms. The first-order chi connectivity index (χ1) is 10.2. The average molecular weight is 328 g/mol. The van der Waals surface area contributed by atoms with E-state index in [0.29, 0.717) is 21.6 Å². The van der Waals surface area contributed by atoms with Gasteiger partial charge in [-0.05, 0) is 36.3 Å². The maximum Gasteiger partial charge on any atom is 0.231 e. The number of nitrogens with zero attached hydrogens (tertiary/aromatic N) is 1. The third-order valence-corrected chi connectivity index (χ3v) is 3.41. The van der Waals surface area contributed by atoms with E-state index in [0.717, 1.165) is 18.5 Å². The van der Waals surface area contributed by atoms with Crippen LogP contribution in [0.3, 0.4) is 0 Å². The quantitative estimate of drug-likeness (QED) is 0.364. The maximum absolute atomic E-state index is 6.09. The largest absolute Gasteiger partial charge is 0.454 e. The molecule has 0 unspecified atom stereocenters. The number of halogens is 1. The first-order valence-electron chi connectivity index (χ1n) is 6.86. The smallest absolute Gasteiger partial charge is 0.231 e. The first kappa shape index (κ1) is 15.9. The second-order valence-corrected chi connectivity index (χ2v) is 5.38. The number of nitrogens with one attached hydrogen (secondary N) is 2. The number of rotatable bonds is 6. The molecule has 0 radical (unpaired) electrons. The van der Waals surface area contributed by atoms with Crippen LogP contribution in [0.2, 0.25) is 5.02 Å². The number of fused-ring (bicyclic) bond motifs is 1. The highest BCUT2D eigenvalue weighted by atomic mass is 35.5. The summed E-state index contributed by atoms with van der Waals surface area (Å²) in [5, 5.41) is 8.18. The predicted octanol–water partition coefficient (Wildman–Crippen LogP) is 3.06. The van der Waals surface area contributed by atoms with Crippen LogP contribution in [-0.2, 0) is 0 Å². The number of hydrogen-bond acceptors (Lipinski definition) is 4. The lowest BCUT2D eigenvalue weighted by Crippen LogP contribution is -2.32. The Balaban J connectivity index is 1.82. The summed E-state index contributed by atoms with van der Waals surface area (Å²) in [5.74, 6) is 1.21. The summed E-state index contributed by atoms with van der Waals surface area (Å²) in [7, 11) is 0. The molecule has 1 aliphatic heterocycles. The molecule has 21 heavy (non-hydrogen) atoms. The highest BCUT2D eigenvalue weighted by Crippen LogP contribution is 2.39. The Labute approximate surface area is 134 Å². The van der Waals surface area contributed by atoms with E-state index < -0.39 is 0 Å². The lowest BCUT2D eigenvalue weighted by molar-refractivity contribution is 0.174. The molecular weight excluding hydrogens is 310 g/mol. The molecule has 0 spiro atoms. The minimum atomic E-state index is 0.194. The molecule has 1 aromatic carbocycles. The first-order valence-corrected chi connectivity index (χ1v) is 7.65. The Morgan fingerprint density at radius 2 is 2.29 bits per heavy atom. The molecule has 114 valence electrons. The summed E-state index contributed by atoms with van der Waals surface area (Å²) in [6.45, 7) is 3.21. The number of ether oxygens (including phenoxy) is 2.